The summed E-state index contributed by atoms with van der Waals surface area (Å²) >= 11 is 0. The van der Waals surface area contributed by atoms with E-state index in [0.29, 0.717) is 24.6 Å². The third kappa shape index (κ3) is 4.44. The first-order valence-electron chi connectivity index (χ1n) is 12.0. The summed E-state index contributed by atoms with van der Waals surface area (Å²) in [6.45, 7) is 5.85. The van der Waals surface area contributed by atoms with E-state index in [-0.39, 0.29) is 24.1 Å². The van der Waals surface area contributed by atoms with Crippen LogP contribution in [0.5, 0.6) is 0 Å². The van der Waals surface area contributed by atoms with Crippen molar-refractivity contribution in [3.8, 4) is 0 Å². The molecule has 0 spiro atoms. The molecule has 0 radical (unpaired) electrons. The molecule has 0 aliphatic carbocycles. The van der Waals surface area contributed by atoms with E-state index in [1.807, 2.05) is 12.1 Å². The molecule has 0 bridgehead atoms. The molecule has 1 atom stereocenters. The van der Waals surface area contributed by atoms with Crippen molar-refractivity contribution >= 4 is 17.7 Å². The molecule has 1 aromatic rings. The Morgan fingerprint density at radius 1 is 1.00 bits per heavy atom. The Morgan fingerprint density at radius 3 is 2.53 bits per heavy atom. The number of benzene rings is 1. The number of hydrogen-bond acceptors (Lipinski definition) is 6. The highest BCUT2D eigenvalue weighted by Gasteiger charge is 2.39. The van der Waals surface area contributed by atoms with E-state index in [2.05, 4.69) is 26.9 Å². The van der Waals surface area contributed by atoms with Crippen LogP contribution in [0.1, 0.15) is 60.0 Å². The maximum atomic E-state index is 12.8. The Morgan fingerprint density at radius 2 is 1.78 bits per heavy atom. The van der Waals surface area contributed by atoms with Crippen molar-refractivity contribution in [1.29, 1.82) is 0 Å². The highest BCUT2D eigenvalue weighted by Crippen LogP contribution is 2.28. The van der Waals surface area contributed by atoms with E-state index in [9.17, 15) is 14.4 Å². The van der Waals surface area contributed by atoms with Gasteiger partial charge in [-0.25, -0.2) is 0 Å². The van der Waals surface area contributed by atoms with E-state index >= 15 is 0 Å². The summed E-state index contributed by atoms with van der Waals surface area (Å²) in [4.78, 5) is 40.8. The van der Waals surface area contributed by atoms with Crippen molar-refractivity contribution < 1.29 is 14.4 Å². The summed E-state index contributed by atoms with van der Waals surface area (Å²) in [7, 11) is 0. The quantitative estimate of drug-likeness (QED) is 0.587. The Labute approximate surface area is 189 Å². The molecule has 172 valence electrons. The normalized spacial score (nSPS) is 25.8. The maximum absolute atomic E-state index is 12.8. The molecule has 3 saturated heterocycles. The Hall–Kier alpha value is -2.29. The van der Waals surface area contributed by atoms with Gasteiger partial charge in [0.15, 0.2) is 0 Å². The predicted molar refractivity (Wildman–Crippen MR) is 120 cm³/mol. The predicted octanol–water partition coefficient (Wildman–Crippen LogP) is 0.754. The second-order valence-corrected chi connectivity index (χ2v) is 9.56. The van der Waals surface area contributed by atoms with Crippen molar-refractivity contribution in [2.45, 2.75) is 69.7 Å². The van der Waals surface area contributed by atoms with E-state index in [1.54, 1.807) is 4.90 Å². The van der Waals surface area contributed by atoms with Crippen molar-refractivity contribution in [2.24, 2.45) is 0 Å². The fraction of sp³-hybridized carbons (Fsp3) is 0.625. The largest absolute Gasteiger partial charge is 0.322 e. The summed E-state index contributed by atoms with van der Waals surface area (Å²) in [6, 6.07) is 6.72. The lowest BCUT2D eigenvalue weighted by atomic mass is 9.98. The van der Waals surface area contributed by atoms with Crippen molar-refractivity contribution in [3.63, 3.8) is 0 Å². The minimum atomic E-state index is -0.556. The minimum Gasteiger partial charge on any atom is -0.322 e. The fourth-order valence-electron chi connectivity index (χ4n) is 5.64. The molecule has 8 heteroatoms. The zero-order chi connectivity index (χ0) is 22.1. The maximum Gasteiger partial charge on any atom is 0.255 e. The number of hydrogen-bond donors (Lipinski definition) is 3. The van der Waals surface area contributed by atoms with E-state index in [0.717, 1.165) is 31.2 Å². The number of carbonyl (C=O) groups is 3. The summed E-state index contributed by atoms with van der Waals surface area (Å²) in [6.07, 6.45) is 5.56. The smallest absolute Gasteiger partial charge is 0.255 e. The van der Waals surface area contributed by atoms with E-state index < -0.39 is 6.04 Å². The molecule has 5 rings (SSSR count). The standard InChI is InChI=1S/C24H33N5O3/c30-22-4-3-21(23(31)27-22)29-15-17-13-16(1-2-20(17)24(29)32)14-26-18-7-11-28(12-8-18)19-5-9-25-10-6-19/h1-2,13,18-19,21,25-26H,3-12,14-15H2,(H,27,30,31). The number of imide groups is 1. The summed E-state index contributed by atoms with van der Waals surface area (Å²) < 4.78 is 0. The van der Waals surface area contributed by atoms with Gasteiger partial charge in [0.25, 0.3) is 5.91 Å². The lowest BCUT2D eigenvalue weighted by Crippen LogP contribution is -2.52. The third-order valence-corrected chi connectivity index (χ3v) is 7.54. The average Bonchev–Trinajstić information content (AvgIpc) is 3.14. The van der Waals surface area contributed by atoms with Crippen LogP contribution in [-0.2, 0) is 22.7 Å². The number of nitrogens with zero attached hydrogens (tertiary/aromatic N) is 2. The molecule has 4 aliphatic heterocycles. The average molecular weight is 440 g/mol. The Bertz CT molecular complexity index is 890. The molecule has 32 heavy (non-hydrogen) atoms. The number of rotatable bonds is 5. The van der Waals surface area contributed by atoms with Gasteiger partial charge in [-0.15, -0.1) is 0 Å². The molecular formula is C24H33N5O3. The van der Waals surface area contributed by atoms with Crippen LogP contribution in [0.15, 0.2) is 18.2 Å². The van der Waals surface area contributed by atoms with Gasteiger partial charge in [-0.3, -0.25) is 19.7 Å². The van der Waals surface area contributed by atoms with Crippen LogP contribution >= 0.6 is 0 Å². The lowest BCUT2D eigenvalue weighted by molar-refractivity contribution is -0.136. The molecule has 4 aliphatic rings. The molecule has 0 saturated carbocycles. The van der Waals surface area contributed by atoms with Crippen LogP contribution in [0.2, 0.25) is 0 Å². The monoisotopic (exact) mass is 439 g/mol. The van der Waals surface area contributed by atoms with Crippen molar-refractivity contribution in [3.05, 3.63) is 34.9 Å². The van der Waals surface area contributed by atoms with Crippen LogP contribution in [0.4, 0.5) is 0 Å². The number of amides is 3. The highest BCUT2D eigenvalue weighted by atomic mass is 16.2. The van der Waals surface area contributed by atoms with Crippen LogP contribution in [0.3, 0.4) is 0 Å². The SMILES string of the molecule is O=C1CCC(N2Cc3cc(CNC4CCN(C5CCNCC5)CC4)ccc3C2=O)C(=O)N1. The molecule has 4 heterocycles. The van der Waals surface area contributed by atoms with Gasteiger partial charge in [0.05, 0.1) is 0 Å². The summed E-state index contributed by atoms with van der Waals surface area (Å²) in [5.74, 6) is -0.732. The number of carbonyl (C=O) groups excluding carboxylic acids is 3. The van der Waals surface area contributed by atoms with Gasteiger partial charge >= 0.3 is 0 Å². The van der Waals surface area contributed by atoms with E-state index in [4.69, 9.17) is 0 Å². The second-order valence-electron chi connectivity index (χ2n) is 9.56. The van der Waals surface area contributed by atoms with Crippen LogP contribution in [0.25, 0.3) is 0 Å². The van der Waals surface area contributed by atoms with Gasteiger partial charge in [-0.2, -0.15) is 0 Å². The fourth-order valence-corrected chi connectivity index (χ4v) is 5.64. The van der Waals surface area contributed by atoms with Crippen LogP contribution in [-0.4, -0.2) is 71.8 Å². The summed E-state index contributed by atoms with van der Waals surface area (Å²) in [5, 5.41) is 9.52. The zero-order valence-corrected chi connectivity index (χ0v) is 18.6. The molecule has 1 aromatic carbocycles. The molecule has 0 aromatic heterocycles. The first kappa shape index (κ1) is 21.6. The van der Waals surface area contributed by atoms with Crippen molar-refractivity contribution in [2.75, 3.05) is 26.2 Å². The zero-order valence-electron chi connectivity index (χ0n) is 18.6. The van der Waals surface area contributed by atoms with Gasteiger partial charge in [0.2, 0.25) is 11.8 Å². The first-order chi connectivity index (χ1) is 15.6. The van der Waals surface area contributed by atoms with Crippen molar-refractivity contribution in [1.82, 2.24) is 25.8 Å². The second kappa shape index (κ2) is 9.29. The van der Waals surface area contributed by atoms with Crippen LogP contribution in [0, 0.1) is 0 Å². The third-order valence-electron chi connectivity index (χ3n) is 7.54. The molecule has 3 N–H and O–H groups in total. The number of nitrogens with one attached hydrogen (secondary N) is 3. The van der Waals surface area contributed by atoms with Gasteiger partial charge < -0.3 is 20.4 Å². The highest BCUT2D eigenvalue weighted by molar-refractivity contribution is 6.05. The topological polar surface area (TPSA) is 93.8 Å². The van der Waals surface area contributed by atoms with Gasteiger partial charge in [-0.05, 0) is 75.5 Å². The van der Waals surface area contributed by atoms with Gasteiger partial charge in [0, 0.05) is 37.2 Å². The first-order valence-corrected chi connectivity index (χ1v) is 12.0. The molecule has 1 unspecified atom stereocenters. The lowest BCUT2D eigenvalue weighted by Gasteiger charge is -2.39. The Kier molecular flexibility index (Phi) is 6.26. The number of likely N-dealkylation sites (tertiary alicyclic amines) is 1. The number of piperidine rings is 3. The summed E-state index contributed by atoms with van der Waals surface area (Å²) in [5.41, 5.74) is 2.82. The molecule has 3 amide bonds. The minimum absolute atomic E-state index is 0.112. The van der Waals surface area contributed by atoms with Gasteiger partial charge in [-0.1, -0.05) is 12.1 Å². The van der Waals surface area contributed by atoms with E-state index in [1.165, 1.54) is 44.3 Å². The number of fused-ring (bicyclic) bond motifs is 1. The molecular weight excluding hydrogens is 406 g/mol. The molecule has 3 fully saturated rings. The Balaban J connectivity index is 1.14. The van der Waals surface area contributed by atoms with Crippen LogP contribution < -0.4 is 16.0 Å². The van der Waals surface area contributed by atoms with Gasteiger partial charge in [0.1, 0.15) is 6.04 Å². The molecule has 8 nitrogen and oxygen atoms in total.